The van der Waals surface area contributed by atoms with Gasteiger partial charge in [-0.1, -0.05) is 0 Å². The van der Waals surface area contributed by atoms with Crippen molar-refractivity contribution < 1.29 is 19.2 Å². The Hall–Kier alpha value is -2.76. The van der Waals surface area contributed by atoms with Crippen LogP contribution in [0.4, 0.5) is 11.4 Å². The van der Waals surface area contributed by atoms with Crippen molar-refractivity contribution in [2.75, 3.05) is 83.6 Å². The third kappa shape index (κ3) is 6.05. The predicted octanol–water partition coefficient (Wildman–Crippen LogP) is 0.719. The Bertz CT molecular complexity index is 994. The molecule has 0 unspecified atom stereocenters. The monoisotopic (exact) mass is 514 g/mol. The standard InChI is InChI=1S/C26H38N6O5/c33-25(30-8-1-2-9-30)19-29-10-11-31-23-5-4-21(32(35)36)16-20(23)17-22(24(31)18-29)26(34)27-6-3-7-28-12-14-37-15-13-28/h4-5,16,22,24H,1-3,6-15,17-19H2,(H,27,34)/t22-,24+/m0/s1. The van der Waals surface area contributed by atoms with Gasteiger partial charge in [0.1, 0.15) is 0 Å². The molecule has 37 heavy (non-hydrogen) atoms. The third-order valence-electron chi connectivity index (χ3n) is 8.20. The molecule has 5 rings (SSSR count). The van der Waals surface area contributed by atoms with Crippen LogP contribution in [0.2, 0.25) is 0 Å². The maximum Gasteiger partial charge on any atom is 0.269 e. The molecule has 0 radical (unpaired) electrons. The number of anilines is 1. The van der Waals surface area contributed by atoms with Gasteiger partial charge in [-0.25, -0.2) is 0 Å². The van der Waals surface area contributed by atoms with E-state index in [0.717, 1.165) is 83.0 Å². The molecule has 11 heteroatoms. The molecular formula is C26H38N6O5. The van der Waals surface area contributed by atoms with Crippen LogP contribution in [0, 0.1) is 16.0 Å². The van der Waals surface area contributed by atoms with Crippen LogP contribution in [0.25, 0.3) is 0 Å². The zero-order chi connectivity index (χ0) is 25.8. The van der Waals surface area contributed by atoms with Crippen LogP contribution >= 0.6 is 0 Å². The molecule has 11 nitrogen and oxygen atoms in total. The number of nitro benzene ring substituents is 1. The molecule has 0 saturated carbocycles. The molecule has 2 atom stereocenters. The van der Waals surface area contributed by atoms with Gasteiger partial charge in [-0.05, 0) is 43.9 Å². The van der Waals surface area contributed by atoms with E-state index in [0.29, 0.717) is 32.6 Å². The van der Waals surface area contributed by atoms with E-state index in [4.69, 9.17) is 4.74 Å². The minimum Gasteiger partial charge on any atom is -0.379 e. The van der Waals surface area contributed by atoms with Crippen molar-refractivity contribution in [2.24, 2.45) is 5.92 Å². The highest BCUT2D eigenvalue weighted by atomic mass is 16.6. The highest BCUT2D eigenvalue weighted by molar-refractivity contribution is 5.82. The topological polar surface area (TPSA) is 111 Å². The Kier molecular flexibility index (Phi) is 8.21. The van der Waals surface area contributed by atoms with Gasteiger partial charge in [0, 0.05) is 70.2 Å². The lowest BCUT2D eigenvalue weighted by molar-refractivity contribution is -0.384. The number of amides is 2. The lowest BCUT2D eigenvalue weighted by Gasteiger charge is -2.49. The van der Waals surface area contributed by atoms with Crippen molar-refractivity contribution in [3.8, 4) is 0 Å². The molecule has 0 aliphatic carbocycles. The van der Waals surface area contributed by atoms with Gasteiger partial charge in [-0.3, -0.25) is 29.5 Å². The Morgan fingerprint density at radius 2 is 1.84 bits per heavy atom. The molecule has 1 N–H and O–H groups in total. The maximum absolute atomic E-state index is 13.5. The lowest BCUT2D eigenvalue weighted by Crippen LogP contribution is -2.62. The average Bonchev–Trinajstić information content (AvgIpc) is 3.46. The van der Waals surface area contributed by atoms with E-state index in [1.807, 2.05) is 11.0 Å². The van der Waals surface area contributed by atoms with Crippen molar-refractivity contribution in [3.63, 3.8) is 0 Å². The first-order valence-electron chi connectivity index (χ1n) is 13.6. The van der Waals surface area contributed by atoms with E-state index in [9.17, 15) is 19.7 Å². The summed E-state index contributed by atoms with van der Waals surface area (Å²) in [5, 5.41) is 14.5. The summed E-state index contributed by atoms with van der Waals surface area (Å²) in [5.74, 6) is -0.175. The number of non-ortho nitro benzene ring substituents is 1. The molecule has 0 aromatic heterocycles. The number of benzene rings is 1. The number of morpholine rings is 1. The number of nitrogens with one attached hydrogen (secondary N) is 1. The molecule has 0 bridgehead atoms. The number of nitrogens with zero attached hydrogens (tertiary/aromatic N) is 5. The molecule has 1 aromatic rings. The summed E-state index contributed by atoms with van der Waals surface area (Å²) in [5.41, 5.74) is 1.87. The van der Waals surface area contributed by atoms with E-state index in [2.05, 4.69) is 20.0 Å². The molecule has 202 valence electrons. The van der Waals surface area contributed by atoms with Gasteiger partial charge in [-0.15, -0.1) is 0 Å². The summed E-state index contributed by atoms with van der Waals surface area (Å²) in [6, 6.07) is 4.91. The Labute approximate surface area is 217 Å². The summed E-state index contributed by atoms with van der Waals surface area (Å²) < 4.78 is 5.40. The quantitative estimate of drug-likeness (QED) is 0.307. The van der Waals surface area contributed by atoms with Crippen LogP contribution in [-0.2, 0) is 20.7 Å². The summed E-state index contributed by atoms with van der Waals surface area (Å²) in [6.45, 7) is 8.97. The van der Waals surface area contributed by atoms with Gasteiger partial charge in [-0.2, -0.15) is 0 Å². The number of hydrogen-bond donors (Lipinski definition) is 1. The fraction of sp³-hybridized carbons (Fsp3) is 0.692. The molecule has 1 aromatic carbocycles. The van der Waals surface area contributed by atoms with Crippen molar-refractivity contribution in [1.82, 2.24) is 20.0 Å². The number of rotatable bonds is 8. The van der Waals surface area contributed by atoms with Crippen LogP contribution < -0.4 is 10.2 Å². The smallest absolute Gasteiger partial charge is 0.269 e. The van der Waals surface area contributed by atoms with Crippen LogP contribution in [-0.4, -0.2) is 116 Å². The molecule has 3 saturated heterocycles. The molecule has 0 spiro atoms. The van der Waals surface area contributed by atoms with E-state index < -0.39 is 0 Å². The second-order valence-electron chi connectivity index (χ2n) is 10.6. The number of carbonyl (C=O) groups is 2. The molecular weight excluding hydrogens is 476 g/mol. The van der Waals surface area contributed by atoms with Crippen LogP contribution in [0.1, 0.15) is 24.8 Å². The first kappa shape index (κ1) is 25.9. The highest BCUT2D eigenvalue weighted by Crippen LogP contribution is 2.38. The number of ether oxygens (including phenoxy) is 1. The second kappa shape index (κ2) is 11.7. The van der Waals surface area contributed by atoms with E-state index >= 15 is 0 Å². The summed E-state index contributed by atoms with van der Waals surface area (Å²) >= 11 is 0. The van der Waals surface area contributed by atoms with E-state index in [1.54, 1.807) is 12.1 Å². The van der Waals surface area contributed by atoms with E-state index in [1.165, 1.54) is 0 Å². The first-order chi connectivity index (χ1) is 18.0. The summed E-state index contributed by atoms with van der Waals surface area (Å²) in [4.78, 5) is 46.0. The summed E-state index contributed by atoms with van der Waals surface area (Å²) in [7, 11) is 0. The average molecular weight is 515 g/mol. The molecule has 3 fully saturated rings. The van der Waals surface area contributed by atoms with Gasteiger partial charge in [0.25, 0.3) is 5.69 Å². The number of hydrogen-bond acceptors (Lipinski definition) is 8. The van der Waals surface area contributed by atoms with E-state index in [-0.39, 0.29) is 34.4 Å². The number of likely N-dealkylation sites (tertiary alicyclic amines) is 1. The SMILES string of the molecule is O=C(NCCCN1CCOCC1)[C@H]1Cc2cc([N+](=O)[O-])ccc2N2CCN(CC(=O)N3CCCC3)C[C@H]12. The molecule has 4 heterocycles. The van der Waals surface area contributed by atoms with Crippen molar-refractivity contribution in [2.45, 2.75) is 31.7 Å². The number of piperazine rings is 1. The third-order valence-corrected chi connectivity index (χ3v) is 8.20. The normalized spacial score (nSPS) is 24.4. The van der Waals surface area contributed by atoms with Crippen LogP contribution in [0.5, 0.6) is 0 Å². The molecule has 2 amide bonds. The van der Waals surface area contributed by atoms with Gasteiger partial charge in [0.15, 0.2) is 0 Å². The van der Waals surface area contributed by atoms with Crippen molar-refractivity contribution in [3.05, 3.63) is 33.9 Å². The number of nitro groups is 1. The predicted molar refractivity (Wildman–Crippen MR) is 139 cm³/mol. The van der Waals surface area contributed by atoms with Crippen LogP contribution in [0.3, 0.4) is 0 Å². The fourth-order valence-electron chi connectivity index (χ4n) is 6.15. The Morgan fingerprint density at radius 1 is 1.05 bits per heavy atom. The Morgan fingerprint density at radius 3 is 2.59 bits per heavy atom. The largest absolute Gasteiger partial charge is 0.379 e. The molecule has 4 aliphatic rings. The molecule has 4 aliphatic heterocycles. The van der Waals surface area contributed by atoms with Gasteiger partial charge >= 0.3 is 0 Å². The number of carbonyl (C=O) groups excluding carboxylic acids is 2. The fourth-order valence-corrected chi connectivity index (χ4v) is 6.15. The second-order valence-corrected chi connectivity index (χ2v) is 10.6. The maximum atomic E-state index is 13.5. The summed E-state index contributed by atoms with van der Waals surface area (Å²) in [6.07, 6.45) is 3.46. The zero-order valence-electron chi connectivity index (χ0n) is 21.5. The Balaban J connectivity index is 1.26. The lowest BCUT2D eigenvalue weighted by atomic mass is 9.83. The van der Waals surface area contributed by atoms with Crippen molar-refractivity contribution in [1.29, 1.82) is 0 Å². The minimum absolute atomic E-state index is 0.0122. The zero-order valence-corrected chi connectivity index (χ0v) is 21.5. The van der Waals surface area contributed by atoms with Gasteiger partial charge < -0.3 is 19.9 Å². The first-order valence-corrected chi connectivity index (χ1v) is 13.6. The van der Waals surface area contributed by atoms with Gasteiger partial charge in [0.05, 0.1) is 36.6 Å². The number of fused-ring (bicyclic) bond motifs is 3. The van der Waals surface area contributed by atoms with Crippen molar-refractivity contribution >= 4 is 23.2 Å². The minimum atomic E-state index is -0.380. The van der Waals surface area contributed by atoms with Gasteiger partial charge in [0.2, 0.25) is 11.8 Å². The highest BCUT2D eigenvalue weighted by Gasteiger charge is 2.42. The van der Waals surface area contributed by atoms with Crippen LogP contribution in [0.15, 0.2) is 18.2 Å².